The smallest absolute Gasteiger partial charge is 0.160 e. The van der Waals surface area contributed by atoms with E-state index in [9.17, 15) is 0 Å². The molecule has 0 amide bonds. The number of fused-ring (bicyclic) bond motifs is 6. The number of para-hydroxylation sites is 2. The molecule has 11 aromatic rings. The van der Waals surface area contributed by atoms with Crippen molar-refractivity contribution in [3.8, 4) is 61.8 Å². The highest BCUT2D eigenvalue weighted by Crippen LogP contribution is 2.40. The zero-order valence-electron chi connectivity index (χ0n) is 32.1. The van der Waals surface area contributed by atoms with E-state index >= 15 is 0 Å². The molecule has 0 aliphatic carbocycles. The van der Waals surface area contributed by atoms with Crippen molar-refractivity contribution >= 4 is 43.7 Å². The van der Waals surface area contributed by atoms with Crippen LogP contribution in [0.15, 0.2) is 192 Å². The third-order valence-electron chi connectivity index (χ3n) is 11.5. The van der Waals surface area contributed by atoms with E-state index in [1.54, 1.807) is 0 Å². The number of furan rings is 1. The molecule has 0 aliphatic rings. The van der Waals surface area contributed by atoms with Crippen molar-refractivity contribution in [3.63, 3.8) is 0 Å². The van der Waals surface area contributed by atoms with Crippen molar-refractivity contribution < 1.29 is 4.42 Å². The fraction of sp³-hybridized carbons (Fsp3) is 0.0370. The highest BCUT2D eigenvalue weighted by Gasteiger charge is 2.18. The summed E-state index contributed by atoms with van der Waals surface area (Å²) < 4.78 is 8.74. The Labute approximate surface area is 336 Å². The topological polar surface area (TPSA) is 43.9 Å². The monoisotopic (exact) mass is 743 g/mol. The van der Waals surface area contributed by atoms with Crippen molar-refractivity contribution in [2.45, 2.75) is 13.8 Å². The van der Waals surface area contributed by atoms with Crippen molar-refractivity contribution in [1.29, 1.82) is 0 Å². The standard InChI is InChI=1S/C54H37N3O/c1-34-28-35(2)51(32-45(34)40-24-26-44-43-21-10-12-23-52(43)58-53(44)31-40)57-49-22-11-9-20-42(49)46-30-39(25-27-50(46)57)38-18-13-19-41(29-38)54-55-47(36-14-5-3-6-15-36)33-48(56-54)37-16-7-4-8-17-37/h3-33H,1-2H3. The van der Waals surface area contributed by atoms with Gasteiger partial charge in [-0.25, -0.2) is 9.97 Å². The molecule has 4 heteroatoms. The fourth-order valence-electron chi connectivity index (χ4n) is 8.63. The van der Waals surface area contributed by atoms with E-state index in [0.717, 1.165) is 77.9 Å². The van der Waals surface area contributed by atoms with Gasteiger partial charge in [-0.2, -0.15) is 0 Å². The molecule has 0 fully saturated rings. The number of aryl methyl sites for hydroxylation is 2. The first-order valence-electron chi connectivity index (χ1n) is 19.7. The van der Waals surface area contributed by atoms with Crippen LogP contribution in [-0.2, 0) is 0 Å². The normalized spacial score (nSPS) is 11.6. The SMILES string of the molecule is Cc1cc(C)c(-n2c3ccccc3c3cc(-c4cccc(-c5nc(-c6ccccc6)cc(-c6ccccc6)n5)c4)ccc32)cc1-c1ccc2c(c1)oc1ccccc12. The van der Waals surface area contributed by atoms with E-state index in [4.69, 9.17) is 14.4 Å². The molecule has 0 N–H and O–H groups in total. The summed E-state index contributed by atoms with van der Waals surface area (Å²) in [4.78, 5) is 10.2. The van der Waals surface area contributed by atoms with Crippen LogP contribution in [-0.4, -0.2) is 14.5 Å². The lowest BCUT2D eigenvalue weighted by molar-refractivity contribution is 0.669. The van der Waals surface area contributed by atoms with Gasteiger partial charge in [0.05, 0.1) is 22.4 Å². The molecule has 0 radical (unpaired) electrons. The third kappa shape index (κ3) is 5.69. The molecule has 3 heterocycles. The van der Waals surface area contributed by atoms with Gasteiger partial charge in [0.2, 0.25) is 0 Å². The first-order chi connectivity index (χ1) is 28.6. The Morgan fingerprint density at radius 1 is 0.379 bits per heavy atom. The predicted octanol–water partition coefficient (Wildman–Crippen LogP) is 14.4. The maximum absolute atomic E-state index is 6.31. The average molecular weight is 744 g/mol. The molecule has 0 bridgehead atoms. The number of benzene rings is 8. The van der Waals surface area contributed by atoms with Crippen LogP contribution in [0.5, 0.6) is 0 Å². The lowest BCUT2D eigenvalue weighted by atomic mass is 9.96. The summed E-state index contributed by atoms with van der Waals surface area (Å²) in [7, 11) is 0. The molecule has 8 aromatic carbocycles. The fourth-order valence-corrected chi connectivity index (χ4v) is 8.63. The molecule has 58 heavy (non-hydrogen) atoms. The van der Waals surface area contributed by atoms with Crippen molar-refractivity contribution in [2.75, 3.05) is 0 Å². The van der Waals surface area contributed by atoms with Gasteiger partial charge in [-0.3, -0.25) is 0 Å². The van der Waals surface area contributed by atoms with Gasteiger partial charge >= 0.3 is 0 Å². The number of rotatable bonds is 6. The van der Waals surface area contributed by atoms with Crippen molar-refractivity contribution in [1.82, 2.24) is 14.5 Å². The molecule has 0 saturated carbocycles. The summed E-state index contributed by atoms with van der Waals surface area (Å²) in [6.07, 6.45) is 0. The van der Waals surface area contributed by atoms with E-state index < -0.39 is 0 Å². The summed E-state index contributed by atoms with van der Waals surface area (Å²) in [5, 5.41) is 4.70. The minimum atomic E-state index is 0.699. The van der Waals surface area contributed by atoms with Gasteiger partial charge < -0.3 is 8.98 Å². The number of aromatic nitrogens is 3. The molecule has 0 saturated heterocycles. The maximum Gasteiger partial charge on any atom is 0.160 e. The second kappa shape index (κ2) is 13.6. The minimum Gasteiger partial charge on any atom is -0.456 e. The van der Waals surface area contributed by atoms with Crippen LogP contribution in [0.1, 0.15) is 11.1 Å². The van der Waals surface area contributed by atoms with Gasteiger partial charge in [-0.15, -0.1) is 0 Å². The molecule has 0 spiro atoms. The third-order valence-corrected chi connectivity index (χ3v) is 11.5. The molecule has 3 aromatic heterocycles. The number of hydrogen-bond donors (Lipinski definition) is 0. The largest absolute Gasteiger partial charge is 0.456 e. The second-order valence-corrected chi connectivity index (χ2v) is 15.1. The van der Waals surface area contributed by atoms with E-state index in [-0.39, 0.29) is 0 Å². The van der Waals surface area contributed by atoms with Crippen LogP contribution in [0.3, 0.4) is 0 Å². The predicted molar refractivity (Wildman–Crippen MR) is 240 cm³/mol. The zero-order valence-corrected chi connectivity index (χ0v) is 32.1. The van der Waals surface area contributed by atoms with E-state index in [2.05, 4.69) is 182 Å². The van der Waals surface area contributed by atoms with Gasteiger partial charge in [-0.05, 0) is 102 Å². The Bertz CT molecular complexity index is 3300. The molecular formula is C54H37N3O. The highest BCUT2D eigenvalue weighted by molar-refractivity contribution is 6.11. The average Bonchev–Trinajstić information content (AvgIpc) is 3.82. The molecule has 0 unspecified atom stereocenters. The van der Waals surface area contributed by atoms with Crippen LogP contribution >= 0.6 is 0 Å². The van der Waals surface area contributed by atoms with Crippen LogP contribution in [0, 0.1) is 13.8 Å². The molecular weight excluding hydrogens is 707 g/mol. The van der Waals surface area contributed by atoms with Crippen molar-refractivity contribution in [2.24, 2.45) is 0 Å². The first kappa shape index (κ1) is 33.8. The first-order valence-corrected chi connectivity index (χ1v) is 19.7. The minimum absolute atomic E-state index is 0.699. The Balaban J connectivity index is 1.02. The summed E-state index contributed by atoms with van der Waals surface area (Å²) in [6, 6.07) is 66.5. The second-order valence-electron chi connectivity index (χ2n) is 15.1. The van der Waals surface area contributed by atoms with Crippen LogP contribution < -0.4 is 0 Å². The van der Waals surface area contributed by atoms with E-state index in [1.807, 2.05) is 24.3 Å². The summed E-state index contributed by atoms with van der Waals surface area (Å²) in [5.74, 6) is 0.699. The van der Waals surface area contributed by atoms with E-state index in [0.29, 0.717) is 5.82 Å². The summed E-state index contributed by atoms with van der Waals surface area (Å²) in [5.41, 5.74) is 17.2. The molecule has 274 valence electrons. The molecule has 0 atom stereocenters. The molecule has 0 aliphatic heterocycles. The Morgan fingerprint density at radius 2 is 0.983 bits per heavy atom. The van der Waals surface area contributed by atoms with E-state index in [1.165, 1.54) is 33.0 Å². The maximum atomic E-state index is 6.31. The zero-order chi connectivity index (χ0) is 38.7. The van der Waals surface area contributed by atoms with Crippen molar-refractivity contribution in [3.05, 3.63) is 199 Å². The molecule has 11 rings (SSSR count). The van der Waals surface area contributed by atoms with Gasteiger partial charge in [0, 0.05) is 43.9 Å². The Hall–Kier alpha value is -7.56. The summed E-state index contributed by atoms with van der Waals surface area (Å²) >= 11 is 0. The number of nitrogens with zero attached hydrogens (tertiary/aromatic N) is 3. The molecule has 4 nitrogen and oxygen atoms in total. The lowest BCUT2D eigenvalue weighted by Gasteiger charge is -2.16. The quantitative estimate of drug-likeness (QED) is 0.170. The van der Waals surface area contributed by atoms with Gasteiger partial charge in [0.15, 0.2) is 5.82 Å². The van der Waals surface area contributed by atoms with Gasteiger partial charge in [0.25, 0.3) is 0 Å². The van der Waals surface area contributed by atoms with Crippen LogP contribution in [0.25, 0.3) is 106 Å². The van der Waals surface area contributed by atoms with Gasteiger partial charge in [-0.1, -0.05) is 133 Å². The Kier molecular flexibility index (Phi) is 7.90. The highest BCUT2D eigenvalue weighted by atomic mass is 16.3. The Morgan fingerprint density at radius 3 is 1.76 bits per heavy atom. The number of hydrogen-bond acceptors (Lipinski definition) is 3. The summed E-state index contributed by atoms with van der Waals surface area (Å²) in [6.45, 7) is 4.42. The van der Waals surface area contributed by atoms with Crippen LogP contribution in [0.4, 0.5) is 0 Å². The van der Waals surface area contributed by atoms with Gasteiger partial charge in [0.1, 0.15) is 11.2 Å². The van der Waals surface area contributed by atoms with Crippen LogP contribution in [0.2, 0.25) is 0 Å². The lowest BCUT2D eigenvalue weighted by Crippen LogP contribution is -1.99.